The molecule has 3 heteroatoms. The number of likely N-dealkylation sites (N-methyl/N-ethyl adjacent to an activating group) is 1. The number of hydrogen-bond acceptors (Lipinski definition) is 3. The van der Waals surface area contributed by atoms with Crippen molar-refractivity contribution >= 4 is 0 Å². The van der Waals surface area contributed by atoms with Gasteiger partial charge in [-0.15, -0.1) is 0 Å². The number of nitrogens with two attached hydrogens (primary N) is 1. The highest BCUT2D eigenvalue weighted by atomic mass is 16.5. The highest BCUT2D eigenvalue weighted by molar-refractivity contribution is 5.31. The van der Waals surface area contributed by atoms with Crippen LogP contribution in [0.4, 0.5) is 0 Å². The molecule has 82 valence electrons. The maximum absolute atomic E-state index is 6.10. The van der Waals surface area contributed by atoms with Crippen LogP contribution in [0, 0.1) is 0 Å². The molecule has 0 bridgehead atoms. The predicted molar refractivity (Wildman–Crippen MR) is 61.2 cm³/mol. The van der Waals surface area contributed by atoms with Crippen LogP contribution in [0.3, 0.4) is 0 Å². The lowest BCUT2D eigenvalue weighted by Gasteiger charge is -2.14. The minimum absolute atomic E-state index is 0.253. The minimum atomic E-state index is 0.253. The predicted octanol–water partition coefficient (Wildman–Crippen LogP) is 1.05. The van der Waals surface area contributed by atoms with Gasteiger partial charge in [-0.2, -0.15) is 0 Å². The van der Waals surface area contributed by atoms with E-state index in [4.69, 9.17) is 10.5 Å². The van der Waals surface area contributed by atoms with Crippen LogP contribution in [-0.2, 0) is 0 Å². The third-order valence-corrected chi connectivity index (χ3v) is 3.09. The molecule has 1 heterocycles. The smallest absolute Gasteiger partial charge is 0.118 e. The number of likely N-dealkylation sites (tertiary alicyclic amines) is 1. The van der Waals surface area contributed by atoms with Crippen LogP contribution in [0.2, 0.25) is 0 Å². The quantitative estimate of drug-likeness (QED) is 0.786. The van der Waals surface area contributed by atoms with Crippen LogP contribution in [0.25, 0.3) is 0 Å². The number of ether oxygens (including phenoxy) is 1. The Morgan fingerprint density at radius 3 is 2.40 bits per heavy atom. The number of benzene rings is 1. The second-order valence-corrected chi connectivity index (χ2v) is 4.26. The number of methoxy groups -OCH3 is 1. The Balaban J connectivity index is 2.15. The second kappa shape index (κ2) is 4.21. The highest BCUT2D eigenvalue weighted by Gasteiger charge is 2.28. The van der Waals surface area contributed by atoms with Gasteiger partial charge in [-0.05, 0) is 24.7 Å². The van der Waals surface area contributed by atoms with Crippen LogP contribution in [0.15, 0.2) is 24.3 Å². The molecule has 1 fully saturated rings. The Hall–Kier alpha value is -1.06. The molecule has 1 aliphatic rings. The van der Waals surface area contributed by atoms with Gasteiger partial charge in [0.2, 0.25) is 0 Å². The Morgan fingerprint density at radius 2 is 1.93 bits per heavy atom. The van der Waals surface area contributed by atoms with E-state index < -0.39 is 0 Å². The van der Waals surface area contributed by atoms with E-state index in [0.717, 1.165) is 18.8 Å². The van der Waals surface area contributed by atoms with E-state index in [-0.39, 0.29) is 6.04 Å². The molecule has 0 radical (unpaired) electrons. The van der Waals surface area contributed by atoms with E-state index >= 15 is 0 Å². The summed E-state index contributed by atoms with van der Waals surface area (Å²) in [6.45, 7) is 2.03. The van der Waals surface area contributed by atoms with Gasteiger partial charge in [0.1, 0.15) is 5.75 Å². The lowest BCUT2D eigenvalue weighted by Crippen LogP contribution is -2.27. The van der Waals surface area contributed by atoms with Crippen molar-refractivity contribution in [1.29, 1.82) is 0 Å². The topological polar surface area (TPSA) is 38.5 Å². The molecule has 0 unspecified atom stereocenters. The summed E-state index contributed by atoms with van der Waals surface area (Å²) in [4.78, 5) is 2.28. The fourth-order valence-corrected chi connectivity index (χ4v) is 2.24. The maximum atomic E-state index is 6.10. The third-order valence-electron chi connectivity index (χ3n) is 3.09. The zero-order valence-corrected chi connectivity index (χ0v) is 9.31. The zero-order valence-electron chi connectivity index (χ0n) is 9.31. The minimum Gasteiger partial charge on any atom is -0.497 e. The highest BCUT2D eigenvalue weighted by Crippen LogP contribution is 2.26. The first-order valence-corrected chi connectivity index (χ1v) is 5.29. The normalized spacial score (nSPS) is 26.9. The summed E-state index contributed by atoms with van der Waals surface area (Å²) in [7, 11) is 3.80. The van der Waals surface area contributed by atoms with E-state index in [1.54, 1.807) is 7.11 Å². The van der Waals surface area contributed by atoms with Crippen molar-refractivity contribution in [1.82, 2.24) is 4.90 Å². The van der Waals surface area contributed by atoms with Crippen molar-refractivity contribution in [2.75, 3.05) is 27.2 Å². The fraction of sp³-hybridized carbons (Fsp3) is 0.500. The molecule has 15 heavy (non-hydrogen) atoms. The molecular formula is C12H18N2O. The largest absolute Gasteiger partial charge is 0.497 e. The van der Waals surface area contributed by atoms with E-state index in [9.17, 15) is 0 Å². The fourth-order valence-electron chi connectivity index (χ4n) is 2.24. The van der Waals surface area contributed by atoms with Crippen molar-refractivity contribution < 1.29 is 4.74 Å². The standard InChI is InChI=1S/C12H18N2O/c1-14-7-11(12(13)8-14)9-3-5-10(15-2)6-4-9/h3-6,11-12H,7-8,13H2,1-2H3/t11-,12-/m0/s1. The average molecular weight is 206 g/mol. The molecule has 2 rings (SSSR count). The summed E-state index contributed by atoms with van der Waals surface area (Å²) in [5.74, 6) is 1.36. The first-order valence-electron chi connectivity index (χ1n) is 5.29. The van der Waals surface area contributed by atoms with Gasteiger partial charge >= 0.3 is 0 Å². The molecule has 0 saturated carbocycles. The number of nitrogens with zero attached hydrogens (tertiary/aromatic N) is 1. The monoisotopic (exact) mass is 206 g/mol. The van der Waals surface area contributed by atoms with Crippen molar-refractivity contribution in [3.63, 3.8) is 0 Å². The molecule has 0 aromatic heterocycles. The molecule has 2 N–H and O–H groups in total. The molecular weight excluding hydrogens is 188 g/mol. The molecule has 3 nitrogen and oxygen atoms in total. The van der Waals surface area contributed by atoms with Crippen LogP contribution in [0.1, 0.15) is 11.5 Å². The van der Waals surface area contributed by atoms with Crippen molar-refractivity contribution in [2.45, 2.75) is 12.0 Å². The van der Waals surface area contributed by atoms with E-state index in [1.807, 2.05) is 12.1 Å². The number of hydrogen-bond donors (Lipinski definition) is 1. The van der Waals surface area contributed by atoms with E-state index in [0.29, 0.717) is 5.92 Å². The first kappa shape index (κ1) is 10.5. The Morgan fingerprint density at radius 1 is 1.27 bits per heavy atom. The van der Waals surface area contributed by atoms with Gasteiger partial charge in [-0.25, -0.2) is 0 Å². The van der Waals surface area contributed by atoms with Gasteiger partial charge in [0.05, 0.1) is 7.11 Å². The van der Waals surface area contributed by atoms with Gasteiger partial charge in [-0.3, -0.25) is 0 Å². The molecule has 1 saturated heterocycles. The average Bonchev–Trinajstić information content (AvgIpc) is 2.58. The Labute approximate surface area is 90.8 Å². The second-order valence-electron chi connectivity index (χ2n) is 4.26. The van der Waals surface area contributed by atoms with E-state index in [1.165, 1.54) is 5.56 Å². The summed E-state index contributed by atoms with van der Waals surface area (Å²) >= 11 is 0. The molecule has 0 aliphatic carbocycles. The van der Waals surface area contributed by atoms with Gasteiger partial charge < -0.3 is 15.4 Å². The van der Waals surface area contributed by atoms with Gasteiger partial charge in [0.25, 0.3) is 0 Å². The number of rotatable bonds is 2. The van der Waals surface area contributed by atoms with Crippen LogP contribution in [0.5, 0.6) is 5.75 Å². The third kappa shape index (κ3) is 2.13. The van der Waals surface area contributed by atoms with Gasteiger partial charge in [-0.1, -0.05) is 12.1 Å². The lowest BCUT2D eigenvalue weighted by molar-refractivity contribution is 0.407. The molecule has 0 spiro atoms. The Kier molecular flexibility index (Phi) is 2.93. The van der Waals surface area contributed by atoms with Crippen molar-refractivity contribution in [3.8, 4) is 5.75 Å². The summed E-state index contributed by atoms with van der Waals surface area (Å²) < 4.78 is 5.14. The summed E-state index contributed by atoms with van der Waals surface area (Å²) in [6, 6.07) is 8.48. The van der Waals surface area contributed by atoms with Gasteiger partial charge in [0, 0.05) is 25.0 Å². The molecule has 0 amide bonds. The SMILES string of the molecule is COc1ccc([C@@H]2CN(C)C[C@@H]2N)cc1. The van der Waals surface area contributed by atoms with Crippen LogP contribution >= 0.6 is 0 Å². The van der Waals surface area contributed by atoms with Gasteiger partial charge in [0.15, 0.2) is 0 Å². The summed E-state index contributed by atoms with van der Waals surface area (Å²) in [6.07, 6.45) is 0. The molecule has 1 aromatic carbocycles. The lowest BCUT2D eigenvalue weighted by atomic mass is 9.95. The maximum Gasteiger partial charge on any atom is 0.118 e. The first-order chi connectivity index (χ1) is 7.20. The molecule has 1 aliphatic heterocycles. The Bertz CT molecular complexity index is 323. The zero-order chi connectivity index (χ0) is 10.8. The van der Waals surface area contributed by atoms with E-state index in [2.05, 4.69) is 24.1 Å². The summed E-state index contributed by atoms with van der Waals surface area (Å²) in [5, 5.41) is 0. The summed E-state index contributed by atoms with van der Waals surface area (Å²) in [5.41, 5.74) is 7.41. The van der Waals surface area contributed by atoms with Crippen molar-refractivity contribution in [2.24, 2.45) is 5.73 Å². The van der Waals surface area contributed by atoms with Crippen LogP contribution in [-0.4, -0.2) is 38.2 Å². The molecule has 2 atom stereocenters. The van der Waals surface area contributed by atoms with Crippen LogP contribution < -0.4 is 10.5 Å². The molecule has 1 aromatic rings. The van der Waals surface area contributed by atoms with Crippen molar-refractivity contribution in [3.05, 3.63) is 29.8 Å².